The van der Waals surface area contributed by atoms with Crippen molar-refractivity contribution in [3.8, 4) is 0 Å². The summed E-state index contributed by atoms with van der Waals surface area (Å²) in [6, 6.07) is 0.403. The molecule has 3 heteroatoms. The first kappa shape index (κ1) is 11.0. The molecule has 0 spiro atoms. The molecule has 0 radical (unpaired) electrons. The van der Waals surface area contributed by atoms with Crippen LogP contribution in [0.25, 0.3) is 0 Å². The molecule has 2 atom stereocenters. The van der Waals surface area contributed by atoms with Crippen LogP contribution >= 0.6 is 0 Å². The predicted molar refractivity (Wildman–Crippen MR) is 54.8 cm³/mol. The summed E-state index contributed by atoms with van der Waals surface area (Å²) < 4.78 is 0. The molecule has 1 N–H and O–H groups in total. The molecule has 0 heterocycles. The zero-order valence-electron chi connectivity index (χ0n) is 9.03. The second-order valence-electron chi connectivity index (χ2n) is 4.35. The van der Waals surface area contributed by atoms with E-state index >= 15 is 0 Å². The Labute approximate surface area is 81.3 Å². The fourth-order valence-corrected chi connectivity index (χ4v) is 1.96. The molecule has 13 heavy (non-hydrogen) atoms. The van der Waals surface area contributed by atoms with Crippen molar-refractivity contribution in [2.24, 2.45) is 0 Å². The standard InChI is InChI=1S/C10H22N2O/c1-11(2)7-8-12(3)9-5-4-6-10(9)13/h9-10,13H,4-8H2,1-3H3/t9-,10-/m1/s1. The molecule has 1 fully saturated rings. The zero-order valence-corrected chi connectivity index (χ0v) is 9.03. The number of rotatable bonds is 4. The topological polar surface area (TPSA) is 26.7 Å². The SMILES string of the molecule is CN(C)CCN(C)[C@@H]1CCC[C@H]1O. The first-order valence-electron chi connectivity index (χ1n) is 5.14. The molecule has 0 saturated heterocycles. The Balaban J connectivity index is 2.25. The van der Waals surface area contributed by atoms with E-state index in [0.29, 0.717) is 6.04 Å². The molecular formula is C10H22N2O. The van der Waals surface area contributed by atoms with E-state index in [1.54, 1.807) is 0 Å². The van der Waals surface area contributed by atoms with Gasteiger partial charge in [-0.15, -0.1) is 0 Å². The Morgan fingerprint density at radius 2 is 1.85 bits per heavy atom. The van der Waals surface area contributed by atoms with Crippen LogP contribution in [0.1, 0.15) is 19.3 Å². The average Bonchev–Trinajstić information content (AvgIpc) is 2.47. The van der Waals surface area contributed by atoms with Gasteiger partial charge < -0.3 is 10.0 Å². The summed E-state index contributed by atoms with van der Waals surface area (Å²) in [5, 5.41) is 9.67. The molecule has 0 aromatic heterocycles. The van der Waals surface area contributed by atoms with Crippen LogP contribution in [0.5, 0.6) is 0 Å². The summed E-state index contributed by atoms with van der Waals surface area (Å²) in [5.41, 5.74) is 0. The van der Waals surface area contributed by atoms with Gasteiger partial charge in [-0.1, -0.05) is 0 Å². The molecule has 1 aliphatic rings. The summed E-state index contributed by atoms with van der Waals surface area (Å²) in [6.45, 7) is 2.12. The fourth-order valence-electron chi connectivity index (χ4n) is 1.96. The van der Waals surface area contributed by atoms with Crippen molar-refractivity contribution in [2.45, 2.75) is 31.4 Å². The number of nitrogens with zero attached hydrogens (tertiary/aromatic N) is 2. The number of aliphatic hydroxyl groups excluding tert-OH is 1. The van der Waals surface area contributed by atoms with Gasteiger partial charge in [0.15, 0.2) is 0 Å². The smallest absolute Gasteiger partial charge is 0.0695 e. The highest BCUT2D eigenvalue weighted by Crippen LogP contribution is 2.22. The van der Waals surface area contributed by atoms with Gasteiger partial charge in [0, 0.05) is 19.1 Å². The molecule has 0 aromatic rings. The second-order valence-corrected chi connectivity index (χ2v) is 4.35. The highest BCUT2D eigenvalue weighted by molar-refractivity contribution is 4.83. The molecule has 0 unspecified atom stereocenters. The van der Waals surface area contributed by atoms with Gasteiger partial charge in [0.2, 0.25) is 0 Å². The third-order valence-electron chi connectivity index (χ3n) is 2.91. The van der Waals surface area contributed by atoms with Gasteiger partial charge in [-0.3, -0.25) is 4.90 Å². The van der Waals surface area contributed by atoms with E-state index in [0.717, 1.165) is 25.9 Å². The van der Waals surface area contributed by atoms with E-state index in [1.165, 1.54) is 6.42 Å². The van der Waals surface area contributed by atoms with Crippen LogP contribution in [0.4, 0.5) is 0 Å². The van der Waals surface area contributed by atoms with Crippen molar-refractivity contribution >= 4 is 0 Å². The maximum Gasteiger partial charge on any atom is 0.0695 e. The first-order chi connectivity index (χ1) is 6.11. The van der Waals surface area contributed by atoms with Gasteiger partial charge in [0.25, 0.3) is 0 Å². The lowest BCUT2D eigenvalue weighted by Gasteiger charge is -2.27. The van der Waals surface area contributed by atoms with E-state index in [1.807, 2.05) is 0 Å². The van der Waals surface area contributed by atoms with Gasteiger partial charge in [0.05, 0.1) is 6.10 Å². The normalized spacial score (nSPS) is 29.1. The van der Waals surface area contributed by atoms with Crippen LogP contribution in [0, 0.1) is 0 Å². The molecule has 0 amide bonds. The Morgan fingerprint density at radius 1 is 1.15 bits per heavy atom. The highest BCUT2D eigenvalue weighted by atomic mass is 16.3. The number of aliphatic hydroxyl groups is 1. The molecule has 78 valence electrons. The molecule has 0 aliphatic heterocycles. The Hall–Kier alpha value is -0.120. The van der Waals surface area contributed by atoms with Gasteiger partial charge in [0.1, 0.15) is 0 Å². The van der Waals surface area contributed by atoms with Crippen molar-refractivity contribution < 1.29 is 5.11 Å². The number of likely N-dealkylation sites (N-methyl/N-ethyl adjacent to an activating group) is 2. The zero-order chi connectivity index (χ0) is 9.84. The quantitative estimate of drug-likeness (QED) is 0.688. The number of hydrogen-bond acceptors (Lipinski definition) is 3. The summed E-state index contributed by atoms with van der Waals surface area (Å²) >= 11 is 0. The second kappa shape index (κ2) is 4.94. The first-order valence-corrected chi connectivity index (χ1v) is 5.14. The lowest BCUT2D eigenvalue weighted by molar-refractivity contribution is 0.0826. The maximum absolute atomic E-state index is 9.67. The largest absolute Gasteiger partial charge is 0.391 e. The molecule has 1 rings (SSSR count). The van der Waals surface area contributed by atoms with E-state index in [-0.39, 0.29) is 6.10 Å². The summed E-state index contributed by atoms with van der Waals surface area (Å²) in [6.07, 6.45) is 3.23. The van der Waals surface area contributed by atoms with Crippen molar-refractivity contribution in [1.29, 1.82) is 0 Å². The van der Waals surface area contributed by atoms with Gasteiger partial charge >= 0.3 is 0 Å². The lowest BCUT2D eigenvalue weighted by atomic mass is 10.2. The summed E-state index contributed by atoms with van der Waals surface area (Å²) in [7, 11) is 6.28. The third-order valence-corrected chi connectivity index (χ3v) is 2.91. The van der Waals surface area contributed by atoms with Crippen LogP contribution in [-0.2, 0) is 0 Å². The molecule has 1 aliphatic carbocycles. The Morgan fingerprint density at radius 3 is 2.31 bits per heavy atom. The van der Waals surface area contributed by atoms with E-state index in [2.05, 4.69) is 30.9 Å². The maximum atomic E-state index is 9.67. The van der Waals surface area contributed by atoms with Crippen molar-refractivity contribution in [2.75, 3.05) is 34.2 Å². The minimum absolute atomic E-state index is 0.0906. The molecule has 1 saturated carbocycles. The van der Waals surface area contributed by atoms with E-state index < -0.39 is 0 Å². The van der Waals surface area contributed by atoms with Crippen LogP contribution in [0.15, 0.2) is 0 Å². The Bertz CT molecular complexity index is 150. The van der Waals surface area contributed by atoms with Crippen LogP contribution < -0.4 is 0 Å². The molecule has 3 nitrogen and oxygen atoms in total. The minimum Gasteiger partial charge on any atom is -0.391 e. The Kier molecular flexibility index (Phi) is 4.16. The van der Waals surface area contributed by atoms with Gasteiger partial charge in [-0.2, -0.15) is 0 Å². The van der Waals surface area contributed by atoms with E-state index in [9.17, 15) is 5.11 Å². The van der Waals surface area contributed by atoms with Gasteiger partial charge in [-0.25, -0.2) is 0 Å². The van der Waals surface area contributed by atoms with Crippen molar-refractivity contribution in [3.63, 3.8) is 0 Å². The van der Waals surface area contributed by atoms with Crippen molar-refractivity contribution in [3.05, 3.63) is 0 Å². The lowest BCUT2D eigenvalue weighted by Crippen LogP contribution is -2.40. The summed E-state index contributed by atoms with van der Waals surface area (Å²) in [5.74, 6) is 0. The fraction of sp³-hybridized carbons (Fsp3) is 1.00. The van der Waals surface area contributed by atoms with Crippen LogP contribution in [0.3, 0.4) is 0 Å². The highest BCUT2D eigenvalue weighted by Gasteiger charge is 2.28. The van der Waals surface area contributed by atoms with Crippen molar-refractivity contribution in [1.82, 2.24) is 9.80 Å². The molecular weight excluding hydrogens is 164 g/mol. The monoisotopic (exact) mass is 186 g/mol. The predicted octanol–water partition coefficient (Wildman–Crippen LogP) is 0.393. The third kappa shape index (κ3) is 3.25. The number of hydrogen-bond donors (Lipinski definition) is 1. The minimum atomic E-state index is -0.0906. The van der Waals surface area contributed by atoms with Crippen LogP contribution in [0.2, 0.25) is 0 Å². The van der Waals surface area contributed by atoms with Gasteiger partial charge in [-0.05, 0) is 40.4 Å². The van der Waals surface area contributed by atoms with Crippen LogP contribution in [-0.4, -0.2) is 61.3 Å². The molecule has 0 aromatic carbocycles. The van der Waals surface area contributed by atoms with E-state index in [4.69, 9.17) is 0 Å². The molecule has 0 bridgehead atoms. The summed E-state index contributed by atoms with van der Waals surface area (Å²) in [4.78, 5) is 4.47. The average molecular weight is 186 g/mol.